The van der Waals surface area contributed by atoms with Crippen LogP contribution in [-0.2, 0) is 18.3 Å². The number of benzene rings is 1. The van der Waals surface area contributed by atoms with Crippen LogP contribution in [-0.4, -0.2) is 51.2 Å². The fourth-order valence-electron chi connectivity index (χ4n) is 3.40. The maximum absolute atomic E-state index is 12.5. The van der Waals surface area contributed by atoms with E-state index in [2.05, 4.69) is 10.2 Å². The zero-order valence-electron chi connectivity index (χ0n) is 15.5. The van der Waals surface area contributed by atoms with Crippen LogP contribution in [0.3, 0.4) is 0 Å². The summed E-state index contributed by atoms with van der Waals surface area (Å²) >= 11 is 1.46. The standard InChI is InChI=1S/C19H24N4O3S/c1-22-17(11-14-6-7-15-16(10-14)26-13-25-15)20-21-19(22)27-12-18(24)23-8-4-2-3-5-9-23/h6-7,10H,2-5,8-9,11-13H2,1H3. The maximum atomic E-state index is 12.5. The van der Waals surface area contributed by atoms with Crippen LogP contribution in [0.15, 0.2) is 23.4 Å². The van der Waals surface area contributed by atoms with E-state index in [1.165, 1.54) is 24.6 Å². The first kappa shape index (κ1) is 18.2. The summed E-state index contributed by atoms with van der Waals surface area (Å²) < 4.78 is 12.7. The van der Waals surface area contributed by atoms with Crippen molar-refractivity contribution in [3.05, 3.63) is 29.6 Å². The van der Waals surface area contributed by atoms with Gasteiger partial charge in [0, 0.05) is 26.6 Å². The summed E-state index contributed by atoms with van der Waals surface area (Å²) in [5.41, 5.74) is 1.09. The van der Waals surface area contributed by atoms with E-state index in [4.69, 9.17) is 9.47 Å². The van der Waals surface area contributed by atoms with Gasteiger partial charge in [0.05, 0.1) is 5.75 Å². The topological polar surface area (TPSA) is 69.5 Å². The summed E-state index contributed by atoms with van der Waals surface area (Å²) in [6.45, 7) is 2.04. The summed E-state index contributed by atoms with van der Waals surface area (Å²) in [5.74, 6) is 3.02. The van der Waals surface area contributed by atoms with Gasteiger partial charge in [-0.15, -0.1) is 10.2 Å². The van der Waals surface area contributed by atoms with Crippen LogP contribution >= 0.6 is 11.8 Å². The quantitative estimate of drug-likeness (QED) is 0.734. The molecule has 0 bridgehead atoms. The molecule has 2 aromatic rings. The average Bonchev–Trinajstić information content (AvgIpc) is 3.16. The van der Waals surface area contributed by atoms with Crippen LogP contribution in [0.25, 0.3) is 0 Å². The van der Waals surface area contributed by atoms with E-state index < -0.39 is 0 Å². The Morgan fingerprint density at radius 3 is 2.70 bits per heavy atom. The lowest BCUT2D eigenvalue weighted by Gasteiger charge is -2.19. The molecule has 144 valence electrons. The van der Waals surface area contributed by atoms with Gasteiger partial charge in [0.25, 0.3) is 0 Å². The van der Waals surface area contributed by atoms with Crippen molar-refractivity contribution in [2.45, 2.75) is 37.3 Å². The first-order valence-electron chi connectivity index (χ1n) is 9.38. The first-order valence-corrected chi connectivity index (χ1v) is 10.4. The number of fused-ring (bicyclic) bond motifs is 1. The molecule has 3 heterocycles. The third kappa shape index (κ3) is 4.21. The Morgan fingerprint density at radius 2 is 1.89 bits per heavy atom. The van der Waals surface area contributed by atoms with Gasteiger partial charge in [0.15, 0.2) is 16.7 Å². The second-order valence-electron chi connectivity index (χ2n) is 6.91. The van der Waals surface area contributed by atoms with Gasteiger partial charge in [-0.05, 0) is 30.5 Å². The lowest BCUT2D eigenvalue weighted by molar-refractivity contribution is -0.128. The number of hydrogen-bond acceptors (Lipinski definition) is 6. The van der Waals surface area contributed by atoms with Crippen molar-refractivity contribution in [1.82, 2.24) is 19.7 Å². The molecule has 8 heteroatoms. The van der Waals surface area contributed by atoms with Crippen molar-refractivity contribution in [2.24, 2.45) is 7.05 Å². The number of hydrogen-bond donors (Lipinski definition) is 0. The highest BCUT2D eigenvalue weighted by Gasteiger charge is 2.18. The first-order chi connectivity index (χ1) is 13.2. The van der Waals surface area contributed by atoms with Gasteiger partial charge >= 0.3 is 0 Å². The molecule has 0 saturated carbocycles. The van der Waals surface area contributed by atoms with Crippen LogP contribution in [0, 0.1) is 0 Å². The van der Waals surface area contributed by atoms with Crippen LogP contribution in [0.2, 0.25) is 0 Å². The molecule has 0 unspecified atom stereocenters. The third-order valence-electron chi connectivity index (χ3n) is 5.01. The Kier molecular flexibility index (Phi) is 5.52. The molecule has 27 heavy (non-hydrogen) atoms. The SMILES string of the molecule is Cn1c(Cc2ccc3c(c2)OCO3)nnc1SCC(=O)N1CCCCCC1. The van der Waals surface area contributed by atoms with Gasteiger partial charge in [-0.2, -0.15) is 0 Å². The average molecular weight is 388 g/mol. The Morgan fingerprint density at radius 1 is 1.11 bits per heavy atom. The number of rotatable bonds is 5. The molecular formula is C19H24N4O3S. The number of amides is 1. The fourth-order valence-corrected chi connectivity index (χ4v) is 4.23. The van der Waals surface area contributed by atoms with Crippen molar-refractivity contribution in [3.8, 4) is 11.5 Å². The summed E-state index contributed by atoms with van der Waals surface area (Å²) in [7, 11) is 1.95. The number of carbonyl (C=O) groups excluding carboxylic acids is 1. The Labute approximate surface area is 163 Å². The highest BCUT2D eigenvalue weighted by Crippen LogP contribution is 2.33. The Bertz CT molecular complexity index is 815. The smallest absolute Gasteiger partial charge is 0.233 e. The van der Waals surface area contributed by atoms with Crippen LogP contribution in [0.4, 0.5) is 0 Å². The van der Waals surface area contributed by atoms with E-state index in [0.717, 1.165) is 54.0 Å². The Balaban J connectivity index is 1.36. The minimum atomic E-state index is 0.197. The van der Waals surface area contributed by atoms with Crippen molar-refractivity contribution >= 4 is 17.7 Å². The molecule has 2 aliphatic rings. The zero-order valence-corrected chi connectivity index (χ0v) is 16.3. The Hall–Kier alpha value is -2.22. The van der Waals surface area contributed by atoms with Crippen LogP contribution in [0.5, 0.6) is 11.5 Å². The maximum Gasteiger partial charge on any atom is 0.233 e. The fraction of sp³-hybridized carbons (Fsp3) is 0.526. The zero-order chi connectivity index (χ0) is 18.6. The number of aromatic nitrogens is 3. The van der Waals surface area contributed by atoms with Crippen molar-refractivity contribution < 1.29 is 14.3 Å². The molecule has 1 fully saturated rings. The number of likely N-dealkylation sites (tertiary alicyclic amines) is 1. The highest BCUT2D eigenvalue weighted by atomic mass is 32.2. The lowest BCUT2D eigenvalue weighted by Crippen LogP contribution is -2.33. The number of nitrogens with zero attached hydrogens (tertiary/aromatic N) is 4. The summed E-state index contributed by atoms with van der Waals surface area (Å²) in [6.07, 6.45) is 5.33. The minimum absolute atomic E-state index is 0.197. The number of ether oxygens (including phenoxy) is 2. The van der Waals surface area contributed by atoms with E-state index in [1.807, 2.05) is 34.7 Å². The normalized spacial score (nSPS) is 16.4. The largest absolute Gasteiger partial charge is 0.454 e. The van der Waals surface area contributed by atoms with Crippen molar-refractivity contribution in [3.63, 3.8) is 0 Å². The van der Waals surface area contributed by atoms with Gasteiger partial charge < -0.3 is 18.9 Å². The van der Waals surface area contributed by atoms with Gasteiger partial charge in [0.2, 0.25) is 12.7 Å². The molecule has 7 nitrogen and oxygen atoms in total. The van der Waals surface area contributed by atoms with Crippen LogP contribution in [0.1, 0.15) is 37.1 Å². The predicted molar refractivity (Wildman–Crippen MR) is 102 cm³/mol. The minimum Gasteiger partial charge on any atom is -0.454 e. The van der Waals surface area contributed by atoms with E-state index in [9.17, 15) is 4.79 Å². The van der Waals surface area contributed by atoms with E-state index in [0.29, 0.717) is 12.2 Å². The summed E-state index contributed by atoms with van der Waals surface area (Å²) in [4.78, 5) is 14.5. The molecule has 1 amide bonds. The number of thioether (sulfide) groups is 1. The lowest BCUT2D eigenvalue weighted by atomic mass is 10.1. The molecule has 1 saturated heterocycles. The van der Waals surface area contributed by atoms with Crippen molar-refractivity contribution in [1.29, 1.82) is 0 Å². The molecule has 0 aliphatic carbocycles. The van der Waals surface area contributed by atoms with E-state index >= 15 is 0 Å². The molecule has 0 N–H and O–H groups in total. The molecule has 1 aromatic carbocycles. The third-order valence-corrected chi connectivity index (χ3v) is 6.01. The van der Waals surface area contributed by atoms with Crippen molar-refractivity contribution in [2.75, 3.05) is 25.6 Å². The second-order valence-corrected chi connectivity index (χ2v) is 7.85. The molecule has 1 aromatic heterocycles. The molecule has 2 aliphatic heterocycles. The molecule has 0 spiro atoms. The van der Waals surface area contributed by atoms with Gasteiger partial charge in [-0.25, -0.2) is 0 Å². The monoisotopic (exact) mass is 388 g/mol. The molecule has 0 radical (unpaired) electrons. The van der Waals surface area contributed by atoms with Gasteiger partial charge in [0.1, 0.15) is 5.82 Å². The van der Waals surface area contributed by atoms with E-state index in [-0.39, 0.29) is 12.7 Å². The molecule has 0 atom stereocenters. The number of carbonyl (C=O) groups is 1. The summed E-state index contributed by atoms with van der Waals surface area (Å²) in [6, 6.07) is 5.91. The molecular weight excluding hydrogens is 364 g/mol. The van der Waals surface area contributed by atoms with E-state index in [1.54, 1.807) is 0 Å². The summed E-state index contributed by atoms with van der Waals surface area (Å²) in [5, 5.41) is 9.35. The molecule has 4 rings (SSSR count). The van der Waals surface area contributed by atoms with Gasteiger partial charge in [-0.3, -0.25) is 4.79 Å². The second kappa shape index (κ2) is 8.21. The van der Waals surface area contributed by atoms with Crippen LogP contribution < -0.4 is 9.47 Å². The predicted octanol–water partition coefficient (Wildman–Crippen LogP) is 2.63. The van der Waals surface area contributed by atoms with Gasteiger partial charge in [-0.1, -0.05) is 30.7 Å². The highest BCUT2D eigenvalue weighted by molar-refractivity contribution is 7.99.